The number of pyridine rings is 2. The van der Waals surface area contributed by atoms with Gasteiger partial charge in [-0.1, -0.05) is 59.9 Å². The largest absolute Gasteiger partial charge is 0.383 e. The van der Waals surface area contributed by atoms with Crippen molar-refractivity contribution >= 4 is 111 Å². The maximum atomic E-state index is 11.5. The van der Waals surface area contributed by atoms with E-state index in [4.69, 9.17) is 37.4 Å². The lowest BCUT2D eigenvalue weighted by atomic mass is 10.1. The molecule has 76 heavy (non-hydrogen) atoms. The molecule has 374 valence electrons. The van der Waals surface area contributed by atoms with Crippen LogP contribution in [0.5, 0.6) is 0 Å². The summed E-state index contributed by atoms with van der Waals surface area (Å²) in [5.41, 5.74) is 30.2. The molecule has 0 saturated carbocycles. The van der Waals surface area contributed by atoms with Gasteiger partial charge in [0.1, 0.15) is 53.6 Å². The highest BCUT2D eigenvalue weighted by Gasteiger charge is 2.24. The van der Waals surface area contributed by atoms with E-state index in [9.17, 15) is 4.79 Å². The third-order valence-electron chi connectivity index (χ3n) is 13.4. The Morgan fingerprint density at radius 2 is 1.25 bits per heavy atom. The molecule has 1 amide bonds. The van der Waals surface area contributed by atoms with Gasteiger partial charge in [-0.2, -0.15) is 10.2 Å². The fourth-order valence-corrected chi connectivity index (χ4v) is 10.9. The molecule has 0 unspecified atom stereocenters. The quantitative estimate of drug-likeness (QED) is 0.0906. The summed E-state index contributed by atoms with van der Waals surface area (Å²) in [6.07, 6.45) is 9.00. The minimum Gasteiger partial charge on any atom is -0.383 e. The first kappa shape index (κ1) is 45.9. The monoisotopic (exact) mass is 1020 g/mol. The number of nitrogens with one attached hydrogen (secondary N) is 2. The van der Waals surface area contributed by atoms with Gasteiger partial charge < -0.3 is 32.4 Å². The molecule has 22 heteroatoms. The van der Waals surface area contributed by atoms with Crippen molar-refractivity contribution < 1.29 is 4.79 Å². The molecular weight excluding hydrogens is 977 g/mol. The topological polar surface area (TPSA) is 283 Å². The molecule has 0 spiro atoms. The highest BCUT2D eigenvalue weighted by molar-refractivity contribution is 7.22. The summed E-state index contributed by atoms with van der Waals surface area (Å²) in [4.78, 5) is 57.8. The number of carbonyl (C=O) groups is 1. The van der Waals surface area contributed by atoms with Crippen LogP contribution in [0.1, 0.15) is 36.6 Å². The van der Waals surface area contributed by atoms with E-state index >= 15 is 0 Å². The molecule has 0 atom stereocenters. The van der Waals surface area contributed by atoms with Crippen LogP contribution in [0.4, 0.5) is 28.5 Å². The molecule has 0 bridgehead atoms. The third-order valence-corrected chi connectivity index (χ3v) is 14.3. The lowest BCUT2D eigenvalue weighted by Crippen LogP contribution is -2.21. The normalized spacial score (nSPS) is 12.7. The zero-order chi connectivity index (χ0) is 51.6. The van der Waals surface area contributed by atoms with Crippen LogP contribution in [-0.4, -0.2) is 93.0 Å². The smallest absolute Gasteiger partial charge is 0.223 e. The molecule has 21 nitrogen and oxygen atoms in total. The molecule has 0 radical (unpaired) electrons. The molecule has 8 N–H and O–H groups in total. The Morgan fingerprint density at radius 3 is 1.87 bits per heavy atom. The van der Waals surface area contributed by atoms with Gasteiger partial charge in [0.25, 0.3) is 0 Å². The highest BCUT2D eigenvalue weighted by atomic mass is 32.1. The average molecular weight is 1020 g/mol. The molecule has 13 aromatic rings. The van der Waals surface area contributed by atoms with Gasteiger partial charge in [0.05, 0.1) is 61.8 Å². The van der Waals surface area contributed by atoms with Crippen molar-refractivity contribution in [2.75, 3.05) is 40.5 Å². The van der Waals surface area contributed by atoms with Gasteiger partial charge in [-0.25, -0.2) is 54.2 Å². The Hall–Kier alpha value is -9.96. The number of fused-ring (bicyclic) bond motifs is 6. The lowest BCUT2D eigenvalue weighted by Gasteiger charge is -2.21. The SMILES string of the molecule is CC(=O)Nc1nc2ccc(-c3nn(Cc4cc5ccccc5nc4-n4cnc(C)c4)c4ncnc(N)c34)cc2s1.Nc1nc2ccc(-c3nn(Cc4cc5ccccc5nc4N4CCCC4)c4ncnc(N)c34)cc2[nH]1. The van der Waals surface area contributed by atoms with Crippen LogP contribution >= 0.6 is 11.3 Å². The fourth-order valence-electron chi connectivity index (χ4n) is 9.96. The zero-order valence-electron chi connectivity index (χ0n) is 41.0. The van der Waals surface area contributed by atoms with Crippen LogP contribution in [0.25, 0.3) is 93.5 Å². The summed E-state index contributed by atoms with van der Waals surface area (Å²) in [5.74, 6) is 2.72. The Labute approximate surface area is 435 Å². The van der Waals surface area contributed by atoms with E-state index in [0.29, 0.717) is 58.2 Å². The average Bonchev–Trinajstić information content (AvgIpc) is 4.36. The number of imidazole rings is 2. The maximum Gasteiger partial charge on any atom is 0.223 e. The number of rotatable bonds is 9. The Kier molecular flexibility index (Phi) is 11.2. The lowest BCUT2D eigenvalue weighted by molar-refractivity contribution is -0.114. The highest BCUT2D eigenvalue weighted by Crippen LogP contribution is 2.37. The molecule has 1 aliphatic heterocycles. The van der Waals surface area contributed by atoms with Gasteiger partial charge in [-0.15, -0.1) is 0 Å². The van der Waals surface area contributed by atoms with Gasteiger partial charge in [0.2, 0.25) is 5.91 Å². The molecule has 4 aromatic carbocycles. The van der Waals surface area contributed by atoms with Crippen molar-refractivity contribution in [2.24, 2.45) is 0 Å². The number of para-hydroxylation sites is 2. The summed E-state index contributed by atoms with van der Waals surface area (Å²) < 4.78 is 6.58. The van der Waals surface area contributed by atoms with Crippen LogP contribution in [0.2, 0.25) is 0 Å². The van der Waals surface area contributed by atoms with Gasteiger partial charge in [-0.05, 0) is 68.3 Å². The summed E-state index contributed by atoms with van der Waals surface area (Å²) >= 11 is 1.40. The van der Waals surface area contributed by atoms with Gasteiger partial charge >= 0.3 is 0 Å². The number of nitrogens with zero attached hydrogens (tertiary/aromatic N) is 15. The third kappa shape index (κ3) is 8.40. The number of nitrogen functional groups attached to an aromatic ring is 3. The van der Waals surface area contributed by atoms with Gasteiger partial charge in [-0.3, -0.25) is 9.36 Å². The van der Waals surface area contributed by atoms with E-state index in [1.165, 1.54) is 43.8 Å². The number of aromatic nitrogens is 15. The predicted octanol–water partition coefficient (Wildman–Crippen LogP) is 8.46. The van der Waals surface area contributed by atoms with Crippen LogP contribution in [-0.2, 0) is 17.9 Å². The second kappa shape index (κ2) is 18.5. The van der Waals surface area contributed by atoms with Crippen molar-refractivity contribution in [3.05, 3.63) is 139 Å². The molecule has 1 saturated heterocycles. The fraction of sp³-hybridized carbons (Fsp3) is 0.148. The Balaban J connectivity index is 0.000000146. The van der Waals surface area contributed by atoms with E-state index in [-0.39, 0.29) is 5.91 Å². The van der Waals surface area contributed by atoms with Crippen molar-refractivity contribution in [1.29, 1.82) is 0 Å². The number of aryl methyl sites for hydroxylation is 1. The Bertz CT molecular complexity index is 4410. The molecule has 1 fully saturated rings. The number of benzene rings is 4. The van der Waals surface area contributed by atoms with Crippen molar-refractivity contribution in [1.82, 2.24) is 74.0 Å². The zero-order valence-corrected chi connectivity index (χ0v) is 41.9. The minimum absolute atomic E-state index is 0.164. The summed E-state index contributed by atoms with van der Waals surface area (Å²) in [5, 5.41) is 16.8. The van der Waals surface area contributed by atoms with E-state index in [2.05, 4.69) is 74.4 Å². The number of amides is 1. The van der Waals surface area contributed by atoms with Gasteiger partial charge in [0, 0.05) is 59.2 Å². The van der Waals surface area contributed by atoms with Crippen molar-refractivity contribution in [2.45, 2.75) is 39.8 Å². The molecule has 9 aromatic heterocycles. The van der Waals surface area contributed by atoms with Crippen LogP contribution in [0.3, 0.4) is 0 Å². The molecular formula is C54H46N20OS. The predicted molar refractivity (Wildman–Crippen MR) is 297 cm³/mol. The first-order valence-corrected chi connectivity index (χ1v) is 25.3. The van der Waals surface area contributed by atoms with Crippen LogP contribution < -0.4 is 27.4 Å². The van der Waals surface area contributed by atoms with E-state index in [0.717, 1.165) is 107 Å². The summed E-state index contributed by atoms with van der Waals surface area (Å²) in [7, 11) is 0. The van der Waals surface area contributed by atoms with Crippen molar-refractivity contribution in [3.8, 4) is 28.3 Å². The van der Waals surface area contributed by atoms with Crippen molar-refractivity contribution in [3.63, 3.8) is 0 Å². The number of anilines is 5. The molecule has 10 heterocycles. The molecule has 0 aliphatic carbocycles. The van der Waals surface area contributed by atoms with E-state index in [1.54, 1.807) is 6.33 Å². The van der Waals surface area contributed by atoms with Crippen LogP contribution in [0.15, 0.2) is 122 Å². The van der Waals surface area contributed by atoms with Crippen LogP contribution in [0, 0.1) is 6.92 Å². The number of hydrogen-bond acceptors (Lipinski definition) is 17. The first-order chi connectivity index (χ1) is 37.1. The Morgan fingerprint density at radius 1 is 0.658 bits per heavy atom. The van der Waals surface area contributed by atoms with E-state index in [1.807, 2.05) is 99.8 Å². The maximum absolute atomic E-state index is 11.5. The number of nitrogens with two attached hydrogens (primary N) is 3. The molecule has 14 rings (SSSR count). The second-order valence-corrected chi connectivity index (χ2v) is 19.6. The first-order valence-electron chi connectivity index (χ1n) is 24.5. The summed E-state index contributed by atoms with van der Waals surface area (Å²) in [6.45, 7) is 6.33. The number of hydrogen-bond donors (Lipinski definition) is 5. The van der Waals surface area contributed by atoms with E-state index < -0.39 is 0 Å². The number of thiazole rings is 1. The standard InChI is InChI=1S/C28H22N10OS.C26H24N10/c1-15-11-37(14-32-15)26-19(9-17-5-3-4-6-20(17)34-26)12-38-27-23(25(29)30-13-31-27)24(36-38)18-7-8-21-22(10-18)40-28(35-21)33-16(2)39;27-23-21-22(16-7-8-19-20(12-16)33-26(28)32-19)34-36(25(21)30-14-29-23)13-17-11-15-5-1-2-6-18(15)31-24(17)35-9-3-4-10-35/h3-11,13-14H,12H2,1-2H3,(H2,29,30,31)(H,33,35,39);1-2,5-8,11-12,14H,3-4,9-10,13H2,(H2,27,29,30)(H3,28,32,33). The summed E-state index contributed by atoms with van der Waals surface area (Å²) in [6, 6.07) is 32.3. The minimum atomic E-state index is -0.164. The second-order valence-electron chi connectivity index (χ2n) is 18.6. The molecule has 1 aliphatic rings. The van der Waals surface area contributed by atoms with Gasteiger partial charge in [0.15, 0.2) is 22.4 Å². The number of aromatic amines is 1. The number of carbonyl (C=O) groups excluding carboxylic acids is 1. The number of H-pyrrole nitrogens is 1.